The van der Waals surface area contributed by atoms with Crippen LogP contribution in [0.1, 0.15) is 181 Å². The number of carboxylic acids is 1. The lowest BCUT2D eigenvalue weighted by Gasteiger charge is -2.18. The third-order valence-electron chi connectivity index (χ3n) is 7.08. The van der Waals surface area contributed by atoms with Crippen LogP contribution in [0.25, 0.3) is 0 Å². The summed E-state index contributed by atoms with van der Waals surface area (Å²) in [6, 6.07) is 0. The van der Waals surface area contributed by atoms with Crippen LogP contribution in [-0.4, -0.2) is 23.1 Å². The zero-order chi connectivity index (χ0) is 25.8. The van der Waals surface area contributed by atoms with Gasteiger partial charge < -0.3 is 9.84 Å². The van der Waals surface area contributed by atoms with Crippen molar-refractivity contribution in [1.82, 2.24) is 0 Å². The molecule has 0 aliphatic carbocycles. The van der Waals surface area contributed by atoms with Crippen LogP contribution in [0.4, 0.5) is 0 Å². The third-order valence-corrected chi connectivity index (χ3v) is 7.08. The summed E-state index contributed by atoms with van der Waals surface area (Å²) in [7, 11) is 0. The number of carboxylic acid groups (broad SMARTS) is 1. The summed E-state index contributed by atoms with van der Waals surface area (Å²) in [5, 5.41) is 8.81. The Morgan fingerprint density at radius 3 is 1.29 bits per heavy atom. The highest BCUT2D eigenvalue weighted by molar-refractivity contribution is 5.69. The number of carbonyl (C=O) groups excluding carboxylic acids is 1. The normalized spacial score (nSPS) is 12.1. The molecule has 0 aromatic carbocycles. The molecule has 208 valence electrons. The number of aliphatic carboxylic acids is 1. The van der Waals surface area contributed by atoms with Crippen molar-refractivity contribution in [1.29, 1.82) is 0 Å². The Balaban J connectivity index is 3.96. The molecule has 1 N–H and O–H groups in total. The Labute approximate surface area is 218 Å². The van der Waals surface area contributed by atoms with E-state index in [1.807, 2.05) is 0 Å². The van der Waals surface area contributed by atoms with Crippen LogP contribution in [0.3, 0.4) is 0 Å². The van der Waals surface area contributed by atoms with Gasteiger partial charge in [-0.2, -0.15) is 0 Å². The molecule has 0 amide bonds. The molecule has 0 aliphatic heterocycles. The molecule has 0 rings (SSSR count). The van der Waals surface area contributed by atoms with Gasteiger partial charge in [0.2, 0.25) is 0 Å². The maximum Gasteiger partial charge on any atom is 0.306 e. The first-order valence-corrected chi connectivity index (χ1v) is 15.5. The van der Waals surface area contributed by atoms with E-state index in [4.69, 9.17) is 9.84 Å². The van der Waals surface area contributed by atoms with Gasteiger partial charge in [0.15, 0.2) is 0 Å². The Bertz CT molecular complexity index is 463. The van der Waals surface area contributed by atoms with Crippen molar-refractivity contribution < 1.29 is 19.4 Å². The van der Waals surface area contributed by atoms with Gasteiger partial charge in [0.05, 0.1) is 0 Å². The fourth-order valence-electron chi connectivity index (χ4n) is 4.77. The average Bonchev–Trinajstić information content (AvgIpc) is 2.83. The Morgan fingerprint density at radius 2 is 0.857 bits per heavy atom. The van der Waals surface area contributed by atoms with Crippen molar-refractivity contribution in [3.63, 3.8) is 0 Å². The highest BCUT2D eigenvalue weighted by Gasteiger charge is 2.14. The van der Waals surface area contributed by atoms with E-state index in [-0.39, 0.29) is 18.5 Å². The molecule has 1 unspecified atom stereocenters. The first kappa shape index (κ1) is 33.9. The first-order chi connectivity index (χ1) is 17.1. The van der Waals surface area contributed by atoms with Crippen LogP contribution in [0.15, 0.2) is 0 Å². The molecule has 1 atom stereocenters. The minimum Gasteiger partial charge on any atom is -0.481 e. The van der Waals surface area contributed by atoms with E-state index in [2.05, 4.69) is 13.8 Å². The zero-order valence-corrected chi connectivity index (χ0v) is 23.6. The number of carbonyl (C=O) groups is 2. The van der Waals surface area contributed by atoms with E-state index in [0.29, 0.717) is 12.8 Å². The topological polar surface area (TPSA) is 63.6 Å². The fraction of sp³-hybridized carbons (Fsp3) is 0.935. The lowest BCUT2D eigenvalue weighted by Crippen LogP contribution is -2.18. The highest BCUT2D eigenvalue weighted by Crippen LogP contribution is 2.18. The molecule has 0 fully saturated rings. The lowest BCUT2D eigenvalue weighted by atomic mass is 10.0. The van der Waals surface area contributed by atoms with Crippen LogP contribution in [0.2, 0.25) is 0 Å². The second-order valence-electron chi connectivity index (χ2n) is 10.7. The number of esters is 1. The smallest absolute Gasteiger partial charge is 0.306 e. The van der Waals surface area contributed by atoms with Crippen LogP contribution >= 0.6 is 0 Å². The molecule has 4 heteroatoms. The number of hydrogen-bond acceptors (Lipinski definition) is 3. The standard InChI is InChI=1S/C31H60O4/c1-3-5-7-9-11-13-14-15-17-19-24-28-31(34)35-29(26-22-20-23-27-30(32)33)25-21-18-16-12-10-8-6-4-2/h29H,3-28H2,1-2H3,(H,32,33). The third kappa shape index (κ3) is 27.4. The molecule has 0 aromatic rings. The molecule has 0 bridgehead atoms. The molecule has 0 heterocycles. The molecular formula is C31H60O4. The van der Waals surface area contributed by atoms with Crippen LogP contribution in [-0.2, 0) is 14.3 Å². The summed E-state index contributed by atoms with van der Waals surface area (Å²) in [6.45, 7) is 4.51. The van der Waals surface area contributed by atoms with Crippen LogP contribution in [0.5, 0.6) is 0 Å². The van der Waals surface area contributed by atoms with E-state index >= 15 is 0 Å². The second kappa shape index (κ2) is 27.5. The summed E-state index contributed by atoms with van der Waals surface area (Å²) in [5.74, 6) is -0.755. The quantitative estimate of drug-likeness (QED) is 0.0864. The summed E-state index contributed by atoms with van der Waals surface area (Å²) < 4.78 is 5.87. The molecule has 0 aliphatic rings. The van der Waals surface area contributed by atoms with E-state index in [1.54, 1.807) is 0 Å². The summed E-state index contributed by atoms with van der Waals surface area (Å²) >= 11 is 0. The van der Waals surface area contributed by atoms with Crippen molar-refractivity contribution in [2.45, 2.75) is 187 Å². The van der Waals surface area contributed by atoms with Crippen molar-refractivity contribution in [2.75, 3.05) is 0 Å². The largest absolute Gasteiger partial charge is 0.481 e. The van der Waals surface area contributed by atoms with Crippen molar-refractivity contribution >= 4 is 11.9 Å². The Hall–Kier alpha value is -1.06. The lowest BCUT2D eigenvalue weighted by molar-refractivity contribution is -0.150. The maximum atomic E-state index is 12.4. The predicted molar refractivity (Wildman–Crippen MR) is 149 cm³/mol. The summed E-state index contributed by atoms with van der Waals surface area (Å²) in [6.07, 6.45) is 29.6. The van der Waals surface area contributed by atoms with Gasteiger partial charge in [-0.15, -0.1) is 0 Å². The Morgan fingerprint density at radius 1 is 0.514 bits per heavy atom. The molecule has 0 radical (unpaired) electrons. The molecule has 35 heavy (non-hydrogen) atoms. The van der Waals surface area contributed by atoms with Crippen molar-refractivity contribution in [3.8, 4) is 0 Å². The van der Waals surface area contributed by atoms with Crippen molar-refractivity contribution in [2.24, 2.45) is 0 Å². The van der Waals surface area contributed by atoms with Gasteiger partial charge in [0, 0.05) is 12.8 Å². The maximum absolute atomic E-state index is 12.4. The minimum absolute atomic E-state index is 0.0140. The zero-order valence-electron chi connectivity index (χ0n) is 23.6. The second-order valence-corrected chi connectivity index (χ2v) is 10.7. The molecule has 0 spiro atoms. The fourth-order valence-corrected chi connectivity index (χ4v) is 4.77. The monoisotopic (exact) mass is 496 g/mol. The number of hydrogen-bond donors (Lipinski definition) is 1. The molecule has 0 aromatic heterocycles. The molecule has 4 nitrogen and oxygen atoms in total. The minimum atomic E-state index is -0.723. The molecule has 0 saturated carbocycles. The van der Waals surface area contributed by atoms with Crippen molar-refractivity contribution in [3.05, 3.63) is 0 Å². The molecular weight excluding hydrogens is 436 g/mol. The number of rotatable bonds is 28. The van der Waals surface area contributed by atoms with Gasteiger partial charge in [-0.25, -0.2) is 0 Å². The Kier molecular flexibility index (Phi) is 26.7. The van der Waals surface area contributed by atoms with Gasteiger partial charge >= 0.3 is 11.9 Å². The van der Waals surface area contributed by atoms with Gasteiger partial charge in [-0.3, -0.25) is 9.59 Å². The van der Waals surface area contributed by atoms with Crippen LogP contribution < -0.4 is 0 Å². The highest BCUT2D eigenvalue weighted by atomic mass is 16.5. The number of ether oxygens (including phenoxy) is 1. The van der Waals surface area contributed by atoms with Crippen LogP contribution in [0, 0.1) is 0 Å². The van der Waals surface area contributed by atoms with Gasteiger partial charge in [0.1, 0.15) is 6.10 Å². The van der Waals surface area contributed by atoms with Gasteiger partial charge in [0.25, 0.3) is 0 Å². The van der Waals surface area contributed by atoms with E-state index in [1.165, 1.54) is 103 Å². The SMILES string of the molecule is CCCCCCCCCCCCCC(=O)OC(CCCCCCCCCC)CCCCCC(=O)O. The molecule has 0 saturated heterocycles. The summed E-state index contributed by atoms with van der Waals surface area (Å²) in [4.78, 5) is 23.1. The van der Waals surface area contributed by atoms with Gasteiger partial charge in [-0.05, 0) is 38.5 Å². The first-order valence-electron chi connectivity index (χ1n) is 15.5. The van der Waals surface area contributed by atoms with E-state index in [0.717, 1.165) is 44.9 Å². The van der Waals surface area contributed by atoms with E-state index < -0.39 is 5.97 Å². The van der Waals surface area contributed by atoms with Gasteiger partial charge in [-0.1, -0.05) is 129 Å². The average molecular weight is 497 g/mol. The number of unbranched alkanes of at least 4 members (excludes halogenated alkanes) is 19. The predicted octanol–water partition coefficient (Wildman–Crippen LogP) is 10.2. The van der Waals surface area contributed by atoms with E-state index in [9.17, 15) is 9.59 Å². The summed E-state index contributed by atoms with van der Waals surface area (Å²) in [5.41, 5.74) is 0.